The summed E-state index contributed by atoms with van der Waals surface area (Å²) >= 11 is 0. The summed E-state index contributed by atoms with van der Waals surface area (Å²) in [6.07, 6.45) is 4.05. The molecule has 1 aromatic rings. The van der Waals surface area contributed by atoms with Crippen molar-refractivity contribution in [3.63, 3.8) is 0 Å². The quantitative estimate of drug-likeness (QED) is 0.263. The van der Waals surface area contributed by atoms with Crippen molar-refractivity contribution >= 4 is 41.8 Å². The zero-order valence-corrected chi connectivity index (χ0v) is 19.2. The maximum Gasteiger partial charge on any atom is 0.310 e. The number of furan rings is 1. The van der Waals surface area contributed by atoms with Crippen molar-refractivity contribution in [2.45, 2.75) is 26.2 Å². The first-order valence-electron chi connectivity index (χ1n) is 9.43. The second kappa shape index (κ2) is 12.6. The van der Waals surface area contributed by atoms with Crippen LogP contribution in [0.4, 0.5) is 0 Å². The van der Waals surface area contributed by atoms with Gasteiger partial charge in [0.15, 0.2) is 5.96 Å². The number of esters is 1. The minimum Gasteiger partial charge on any atom is -0.469 e. The van der Waals surface area contributed by atoms with Crippen LogP contribution in [0.2, 0.25) is 0 Å². The van der Waals surface area contributed by atoms with Crippen molar-refractivity contribution in [2.24, 2.45) is 10.9 Å². The van der Waals surface area contributed by atoms with Gasteiger partial charge in [0.25, 0.3) is 0 Å². The Labute approximate surface area is 183 Å². The smallest absolute Gasteiger partial charge is 0.310 e. The molecule has 1 amide bonds. The van der Waals surface area contributed by atoms with E-state index in [9.17, 15) is 9.59 Å². The fourth-order valence-electron chi connectivity index (χ4n) is 2.93. The predicted octanol–water partition coefficient (Wildman–Crippen LogP) is 1.75. The molecule has 0 aromatic carbocycles. The number of halogens is 1. The number of likely N-dealkylation sites (tertiary alicyclic amines) is 1. The lowest BCUT2D eigenvalue weighted by molar-refractivity contribution is -0.149. The highest BCUT2D eigenvalue weighted by atomic mass is 127. The van der Waals surface area contributed by atoms with Crippen LogP contribution in [0.15, 0.2) is 27.8 Å². The molecule has 28 heavy (non-hydrogen) atoms. The minimum atomic E-state index is -0.166. The highest BCUT2D eigenvalue weighted by Crippen LogP contribution is 2.18. The van der Waals surface area contributed by atoms with Crippen LogP contribution in [0.5, 0.6) is 0 Å². The molecule has 1 N–H and O–H groups in total. The van der Waals surface area contributed by atoms with E-state index in [1.807, 2.05) is 24.0 Å². The maximum atomic E-state index is 12.1. The average molecular weight is 506 g/mol. The molecule has 1 atom stereocenters. The molecule has 2 heterocycles. The van der Waals surface area contributed by atoms with Gasteiger partial charge in [-0.05, 0) is 31.9 Å². The number of carbonyl (C=O) groups is 2. The number of nitrogens with one attached hydrogen (secondary N) is 1. The van der Waals surface area contributed by atoms with E-state index in [-0.39, 0.29) is 48.3 Å². The van der Waals surface area contributed by atoms with E-state index < -0.39 is 0 Å². The van der Waals surface area contributed by atoms with Gasteiger partial charge < -0.3 is 24.3 Å². The van der Waals surface area contributed by atoms with Crippen molar-refractivity contribution < 1.29 is 18.7 Å². The van der Waals surface area contributed by atoms with Gasteiger partial charge >= 0.3 is 5.97 Å². The number of ether oxygens (including phenoxy) is 1. The van der Waals surface area contributed by atoms with Gasteiger partial charge in [0.05, 0.1) is 18.8 Å². The number of piperidine rings is 1. The van der Waals surface area contributed by atoms with Gasteiger partial charge in [-0.1, -0.05) is 0 Å². The number of rotatable bonds is 7. The summed E-state index contributed by atoms with van der Waals surface area (Å²) in [6, 6.07) is 3.78. The Morgan fingerprint density at radius 3 is 2.86 bits per heavy atom. The number of likely N-dealkylation sites (N-methyl/N-ethyl adjacent to an activating group) is 1. The first-order chi connectivity index (χ1) is 13.0. The molecule has 0 saturated carbocycles. The number of hydrogen-bond acceptors (Lipinski definition) is 5. The van der Waals surface area contributed by atoms with Crippen molar-refractivity contribution in [1.29, 1.82) is 0 Å². The van der Waals surface area contributed by atoms with Crippen LogP contribution >= 0.6 is 24.0 Å². The molecule has 1 aliphatic rings. The van der Waals surface area contributed by atoms with Gasteiger partial charge in [-0.15, -0.1) is 24.0 Å². The molecule has 9 heteroatoms. The Hall–Kier alpha value is -1.78. The Kier molecular flexibility index (Phi) is 10.9. The summed E-state index contributed by atoms with van der Waals surface area (Å²) in [5, 5.41) is 3.31. The van der Waals surface area contributed by atoms with Crippen molar-refractivity contribution in [1.82, 2.24) is 15.1 Å². The third-order valence-corrected chi connectivity index (χ3v) is 4.44. The SMILES string of the molecule is CCOC(=O)C1CCCN(C(=NCC(=O)N(C)C)NCCc2ccco2)C1.I. The normalized spacial score (nSPS) is 16.9. The largest absolute Gasteiger partial charge is 0.469 e. The highest BCUT2D eigenvalue weighted by molar-refractivity contribution is 14.0. The molecule has 1 unspecified atom stereocenters. The van der Waals surface area contributed by atoms with Gasteiger partial charge in [0, 0.05) is 40.2 Å². The third-order valence-electron chi connectivity index (χ3n) is 4.44. The van der Waals surface area contributed by atoms with E-state index in [0.717, 1.165) is 25.1 Å². The van der Waals surface area contributed by atoms with Gasteiger partial charge in [0.2, 0.25) is 5.91 Å². The lowest BCUT2D eigenvalue weighted by Crippen LogP contribution is -2.49. The summed E-state index contributed by atoms with van der Waals surface area (Å²) in [5.41, 5.74) is 0. The molecule has 0 radical (unpaired) electrons. The fourth-order valence-corrected chi connectivity index (χ4v) is 2.93. The number of guanidine groups is 1. The van der Waals surface area contributed by atoms with Gasteiger partial charge in [-0.2, -0.15) is 0 Å². The zero-order valence-electron chi connectivity index (χ0n) is 16.8. The Bertz CT molecular complexity index is 634. The van der Waals surface area contributed by atoms with Crippen molar-refractivity contribution in [3.8, 4) is 0 Å². The highest BCUT2D eigenvalue weighted by Gasteiger charge is 2.28. The van der Waals surface area contributed by atoms with E-state index in [4.69, 9.17) is 9.15 Å². The average Bonchev–Trinajstić information content (AvgIpc) is 3.18. The van der Waals surface area contributed by atoms with E-state index in [1.54, 1.807) is 20.4 Å². The standard InChI is InChI=1S/C19H30N4O4.HI/c1-4-26-18(25)15-7-5-11-23(14-15)19(21-13-17(24)22(2)3)20-10-9-16-8-6-12-27-16;/h6,8,12,15H,4-5,7,9-11,13-14H2,1-3H3,(H,20,21);1H. The van der Waals surface area contributed by atoms with E-state index in [0.29, 0.717) is 32.1 Å². The molecule has 1 fully saturated rings. The van der Waals surface area contributed by atoms with Crippen molar-refractivity contribution in [2.75, 3.05) is 46.9 Å². The fraction of sp³-hybridized carbons (Fsp3) is 0.632. The molecule has 0 spiro atoms. The van der Waals surface area contributed by atoms with Gasteiger partial charge in [-0.3, -0.25) is 9.59 Å². The van der Waals surface area contributed by atoms with Crippen LogP contribution in [0.3, 0.4) is 0 Å². The lowest BCUT2D eigenvalue weighted by atomic mass is 9.98. The summed E-state index contributed by atoms with van der Waals surface area (Å²) in [5.74, 6) is 1.13. The number of nitrogens with zero attached hydrogens (tertiary/aromatic N) is 3. The molecule has 0 aliphatic carbocycles. The number of carbonyl (C=O) groups excluding carboxylic acids is 2. The molecular formula is C19H31IN4O4. The Morgan fingerprint density at radius 2 is 2.21 bits per heavy atom. The molecule has 8 nitrogen and oxygen atoms in total. The molecule has 2 rings (SSSR count). The van der Waals surface area contributed by atoms with Crippen molar-refractivity contribution in [3.05, 3.63) is 24.2 Å². The number of aliphatic imine (C=N–C) groups is 1. The van der Waals surface area contributed by atoms with E-state index in [2.05, 4.69) is 10.3 Å². The minimum absolute atomic E-state index is 0. The molecule has 0 bridgehead atoms. The van der Waals surface area contributed by atoms with Crippen LogP contribution in [0, 0.1) is 5.92 Å². The summed E-state index contributed by atoms with van der Waals surface area (Å²) < 4.78 is 10.5. The summed E-state index contributed by atoms with van der Waals surface area (Å²) in [7, 11) is 3.42. The van der Waals surface area contributed by atoms with E-state index >= 15 is 0 Å². The molecule has 1 saturated heterocycles. The Morgan fingerprint density at radius 1 is 1.43 bits per heavy atom. The first-order valence-corrected chi connectivity index (χ1v) is 9.43. The van der Waals surface area contributed by atoms with Crippen LogP contribution < -0.4 is 5.32 Å². The second-order valence-electron chi connectivity index (χ2n) is 6.72. The summed E-state index contributed by atoms with van der Waals surface area (Å²) in [6.45, 7) is 4.23. The molecular weight excluding hydrogens is 475 g/mol. The second-order valence-corrected chi connectivity index (χ2v) is 6.72. The van der Waals surface area contributed by atoms with Crippen LogP contribution in [-0.4, -0.2) is 74.5 Å². The van der Waals surface area contributed by atoms with Crippen LogP contribution in [0.25, 0.3) is 0 Å². The molecule has 158 valence electrons. The number of amides is 1. The predicted molar refractivity (Wildman–Crippen MR) is 118 cm³/mol. The number of hydrogen-bond donors (Lipinski definition) is 1. The first kappa shape index (κ1) is 24.3. The van der Waals surface area contributed by atoms with Crippen LogP contribution in [-0.2, 0) is 20.7 Å². The van der Waals surface area contributed by atoms with Gasteiger partial charge in [0.1, 0.15) is 12.3 Å². The Balaban J connectivity index is 0.00000392. The third kappa shape index (κ3) is 7.69. The topological polar surface area (TPSA) is 87.4 Å². The molecule has 1 aliphatic heterocycles. The molecule has 1 aromatic heterocycles. The van der Waals surface area contributed by atoms with Crippen LogP contribution in [0.1, 0.15) is 25.5 Å². The summed E-state index contributed by atoms with van der Waals surface area (Å²) in [4.78, 5) is 32.1. The lowest BCUT2D eigenvalue weighted by Gasteiger charge is -2.34. The zero-order chi connectivity index (χ0) is 19.6. The maximum absolute atomic E-state index is 12.1. The van der Waals surface area contributed by atoms with E-state index in [1.165, 1.54) is 4.90 Å². The monoisotopic (exact) mass is 506 g/mol. The van der Waals surface area contributed by atoms with Gasteiger partial charge in [-0.25, -0.2) is 4.99 Å².